The van der Waals surface area contributed by atoms with E-state index in [1.165, 1.54) is 16.0 Å². The molecule has 1 unspecified atom stereocenters. The second-order valence-electron chi connectivity index (χ2n) is 7.04. The van der Waals surface area contributed by atoms with Gasteiger partial charge in [0.1, 0.15) is 0 Å². The molecule has 0 saturated heterocycles. The van der Waals surface area contributed by atoms with Gasteiger partial charge in [0.25, 0.3) is 0 Å². The molecule has 0 radical (unpaired) electrons. The summed E-state index contributed by atoms with van der Waals surface area (Å²) >= 11 is 1.79. The minimum Gasteiger partial charge on any atom is -0.357 e. The van der Waals surface area contributed by atoms with Crippen LogP contribution in [-0.4, -0.2) is 47.8 Å². The summed E-state index contributed by atoms with van der Waals surface area (Å²) < 4.78 is 1.94. The highest BCUT2D eigenvalue weighted by molar-refractivity contribution is 14.0. The number of nitrogens with zero attached hydrogens (tertiary/aromatic N) is 4. The summed E-state index contributed by atoms with van der Waals surface area (Å²) in [5.74, 6) is 0.838. The van der Waals surface area contributed by atoms with Crippen LogP contribution in [0.15, 0.2) is 65.2 Å². The fraction of sp³-hybridized carbons (Fsp3) is 0.364. The summed E-state index contributed by atoms with van der Waals surface area (Å²) in [6, 6.07) is 15.0. The Morgan fingerprint density at radius 1 is 1.13 bits per heavy atom. The minimum atomic E-state index is 0. The van der Waals surface area contributed by atoms with Crippen molar-refractivity contribution in [3.63, 3.8) is 0 Å². The largest absolute Gasteiger partial charge is 0.357 e. The van der Waals surface area contributed by atoms with Crippen molar-refractivity contribution in [2.45, 2.75) is 26.1 Å². The molecular weight excluding hydrogens is 507 g/mol. The van der Waals surface area contributed by atoms with Crippen LogP contribution in [-0.2, 0) is 13.1 Å². The van der Waals surface area contributed by atoms with Crippen molar-refractivity contribution in [1.82, 2.24) is 25.3 Å². The lowest BCUT2D eigenvalue weighted by molar-refractivity contribution is 0.302. The predicted molar refractivity (Wildman–Crippen MR) is 137 cm³/mol. The molecule has 3 aromatic rings. The maximum Gasteiger partial charge on any atom is 0.191 e. The van der Waals surface area contributed by atoms with Crippen molar-refractivity contribution in [2.75, 3.05) is 27.2 Å². The second kappa shape index (κ2) is 12.7. The van der Waals surface area contributed by atoms with Crippen LogP contribution >= 0.6 is 35.3 Å². The third-order valence-corrected chi connectivity index (χ3v) is 5.69. The average molecular weight is 539 g/mol. The smallest absolute Gasteiger partial charge is 0.191 e. The van der Waals surface area contributed by atoms with Gasteiger partial charge in [-0.2, -0.15) is 5.10 Å². The van der Waals surface area contributed by atoms with Gasteiger partial charge in [-0.05, 0) is 49.7 Å². The second-order valence-corrected chi connectivity index (χ2v) is 8.02. The third kappa shape index (κ3) is 7.10. The fourth-order valence-corrected chi connectivity index (χ4v) is 4.07. The lowest BCUT2D eigenvalue weighted by atomic mass is 10.1. The van der Waals surface area contributed by atoms with E-state index in [4.69, 9.17) is 4.99 Å². The molecule has 2 heterocycles. The zero-order chi connectivity index (χ0) is 20.5. The number of thiophene rings is 1. The van der Waals surface area contributed by atoms with Crippen LogP contribution in [0.5, 0.6) is 0 Å². The molecule has 1 aromatic carbocycles. The Morgan fingerprint density at radius 2 is 1.93 bits per heavy atom. The first-order valence-corrected chi connectivity index (χ1v) is 10.8. The first kappa shape index (κ1) is 24.4. The molecule has 0 amide bonds. The highest BCUT2D eigenvalue weighted by Gasteiger charge is 2.15. The Labute approximate surface area is 200 Å². The van der Waals surface area contributed by atoms with Crippen molar-refractivity contribution >= 4 is 41.3 Å². The molecule has 0 saturated carbocycles. The summed E-state index contributed by atoms with van der Waals surface area (Å²) in [5, 5.41) is 13.3. The molecule has 0 aliphatic rings. The summed E-state index contributed by atoms with van der Waals surface area (Å²) in [5.41, 5.74) is 2.45. The van der Waals surface area contributed by atoms with Crippen molar-refractivity contribution < 1.29 is 0 Å². The summed E-state index contributed by atoms with van der Waals surface area (Å²) in [7, 11) is 4.23. The van der Waals surface area contributed by atoms with E-state index in [-0.39, 0.29) is 24.0 Å². The molecule has 30 heavy (non-hydrogen) atoms. The van der Waals surface area contributed by atoms with Crippen LogP contribution < -0.4 is 10.6 Å². The average Bonchev–Trinajstić information content (AvgIpc) is 3.41. The van der Waals surface area contributed by atoms with Crippen LogP contribution in [0.4, 0.5) is 0 Å². The van der Waals surface area contributed by atoms with Gasteiger partial charge < -0.3 is 15.5 Å². The van der Waals surface area contributed by atoms with E-state index in [1.54, 1.807) is 11.3 Å². The van der Waals surface area contributed by atoms with Gasteiger partial charge in [0.05, 0.1) is 19.1 Å². The Morgan fingerprint density at radius 3 is 2.57 bits per heavy atom. The topological polar surface area (TPSA) is 57.5 Å². The predicted octanol–water partition coefficient (Wildman–Crippen LogP) is 3.97. The van der Waals surface area contributed by atoms with Gasteiger partial charge in [0, 0.05) is 30.4 Å². The van der Waals surface area contributed by atoms with Crippen LogP contribution in [0.2, 0.25) is 0 Å². The number of aliphatic imine (C=N–C) groups is 1. The Kier molecular flexibility index (Phi) is 10.3. The number of benzene rings is 1. The van der Waals surface area contributed by atoms with Gasteiger partial charge in [-0.15, -0.1) is 35.3 Å². The summed E-state index contributed by atoms with van der Waals surface area (Å²) in [6.45, 7) is 5.09. The van der Waals surface area contributed by atoms with Crippen molar-refractivity contribution in [2.24, 2.45) is 4.99 Å². The van der Waals surface area contributed by atoms with Crippen molar-refractivity contribution in [3.05, 3.63) is 76.2 Å². The van der Waals surface area contributed by atoms with Gasteiger partial charge in [-0.1, -0.05) is 30.3 Å². The van der Waals surface area contributed by atoms with E-state index < -0.39 is 0 Å². The van der Waals surface area contributed by atoms with E-state index in [2.05, 4.69) is 83.4 Å². The lowest BCUT2D eigenvalue weighted by Crippen LogP contribution is -2.41. The molecule has 0 fully saturated rings. The number of aromatic nitrogens is 2. The zero-order valence-corrected chi connectivity index (χ0v) is 20.9. The minimum absolute atomic E-state index is 0. The molecular formula is C22H31IN6S. The molecule has 1 atom stereocenters. The molecule has 2 N–H and O–H groups in total. The quantitative estimate of drug-likeness (QED) is 0.246. The summed E-state index contributed by atoms with van der Waals surface area (Å²) in [4.78, 5) is 8.42. The van der Waals surface area contributed by atoms with Gasteiger partial charge in [0.2, 0.25) is 0 Å². The fourth-order valence-electron chi connectivity index (χ4n) is 3.15. The molecule has 2 aromatic heterocycles. The SMILES string of the molecule is CCNC(=NCc1ccccc1Cn1cccn1)NCC(c1cccs1)N(C)C.I. The normalized spacial score (nSPS) is 12.5. The Hall–Kier alpha value is -1.91. The maximum atomic E-state index is 4.84. The zero-order valence-electron chi connectivity index (χ0n) is 17.8. The van der Waals surface area contributed by atoms with Crippen molar-refractivity contribution in [1.29, 1.82) is 0 Å². The lowest BCUT2D eigenvalue weighted by Gasteiger charge is -2.24. The molecule has 8 heteroatoms. The van der Waals surface area contributed by atoms with E-state index in [0.29, 0.717) is 12.6 Å². The third-order valence-electron chi connectivity index (χ3n) is 4.72. The van der Waals surface area contributed by atoms with Crippen LogP contribution in [0.3, 0.4) is 0 Å². The summed E-state index contributed by atoms with van der Waals surface area (Å²) in [6.07, 6.45) is 3.79. The van der Waals surface area contributed by atoms with Gasteiger partial charge >= 0.3 is 0 Å². The first-order chi connectivity index (χ1) is 14.2. The Bertz CT molecular complexity index is 877. The van der Waals surface area contributed by atoms with Crippen molar-refractivity contribution in [3.8, 4) is 0 Å². The van der Waals surface area contributed by atoms with E-state index >= 15 is 0 Å². The number of guanidine groups is 1. The van der Waals surface area contributed by atoms with Crippen LogP contribution in [0.25, 0.3) is 0 Å². The number of likely N-dealkylation sites (N-methyl/N-ethyl adjacent to an activating group) is 1. The highest BCUT2D eigenvalue weighted by atomic mass is 127. The molecule has 0 aliphatic heterocycles. The van der Waals surface area contributed by atoms with Gasteiger partial charge in [-0.25, -0.2) is 4.99 Å². The highest BCUT2D eigenvalue weighted by Crippen LogP contribution is 2.22. The van der Waals surface area contributed by atoms with E-state index in [1.807, 2.05) is 23.1 Å². The number of hydrogen-bond acceptors (Lipinski definition) is 4. The number of halogens is 1. The first-order valence-electron chi connectivity index (χ1n) is 9.93. The number of rotatable bonds is 9. The molecule has 6 nitrogen and oxygen atoms in total. The van der Waals surface area contributed by atoms with E-state index in [0.717, 1.165) is 25.6 Å². The van der Waals surface area contributed by atoms with Crippen LogP contribution in [0, 0.1) is 0 Å². The molecule has 0 spiro atoms. The molecule has 0 aliphatic carbocycles. The molecule has 0 bridgehead atoms. The van der Waals surface area contributed by atoms with Gasteiger partial charge in [0.15, 0.2) is 5.96 Å². The monoisotopic (exact) mass is 538 g/mol. The maximum absolute atomic E-state index is 4.84. The van der Waals surface area contributed by atoms with E-state index in [9.17, 15) is 0 Å². The van der Waals surface area contributed by atoms with Crippen LogP contribution in [0.1, 0.15) is 29.0 Å². The Balaban J connectivity index is 0.00000320. The molecule has 162 valence electrons. The van der Waals surface area contributed by atoms with Gasteiger partial charge in [-0.3, -0.25) is 4.68 Å². The molecule has 3 rings (SSSR count). The number of nitrogens with one attached hydrogen (secondary N) is 2. The number of hydrogen-bond donors (Lipinski definition) is 2. The standard InChI is InChI=1S/C22H30N6S.HI/c1-4-23-22(25-16-20(27(2)3)21-11-7-14-29-21)24-15-18-9-5-6-10-19(18)17-28-13-8-12-26-28;/h5-14,20H,4,15-17H2,1-3H3,(H2,23,24,25);1H.